The summed E-state index contributed by atoms with van der Waals surface area (Å²) in [6.07, 6.45) is 0. The lowest BCUT2D eigenvalue weighted by atomic mass is 9.97. The van der Waals surface area contributed by atoms with Gasteiger partial charge in [0.2, 0.25) is 5.69 Å². The molecule has 0 atom stereocenters. The Morgan fingerprint density at radius 2 is 1.67 bits per heavy atom. The van der Waals surface area contributed by atoms with Gasteiger partial charge in [0.15, 0.2) is 5.95 Å². The van der Waals surface area contributed by atoms with Crippen molar-refractivity contribution >= 4 is 43.8 Å². The minimum Gasteiger partial charge on any atom is -0.539 e. The van der Waals surface area contributed by atoms with E-state index in [1.807, 2.05) is 60.7 Å². The SMILES string of the molecule is COc1ccc(-[n+]2noc([O-])c2C(=O)c2sc3nc(-c4cccc5ccccc45)cc(-c4ccccc4)c3c2N)cc1. The Kier molecular flexibility index (Phi) is 6.14. The van der Waals surface area contributed by atoms with Gasteiger partial charge in [-0.15, -0.1) is 11.3 Å². The number of nitrogen functional groups attached to an aromatic ring is 1. The molecule has 0 spiro atoms. The number of ketones is 1. The molecule has 42 heavy (non-hydrogen) atoms. The molecule has 9 heteroatoms. The van der Waals surface area contributed by atoms with Crippen molar-refractivity contribution in [3.05, 3.63) is 114 Å². The molecule has 3 aromatic heterocycles. The Bertz CT molecular complexity index is 2110. The van der Waals surface area contributed by atoms with E-state index in [0.717, 1.165) is 44.5 Å². The first-order valence-corrected chi connectivity index (χ1v) is 13.9. The molecule has 0 radical (unpaired) electrons. The number of methoxy groups -OCH3 is 1. The molecule has 0 saturated heterocycles. The van der Waals surface area contributed by atoms with Crippen LogP contribution in [0.3, 0.4) is 0 Å². The second kappa shape index (κ2) is 10.1. The van der Waals surface area contributed by atoms with E-state index in [-0.39, 0.29) is 16.3 Å². The number of thiophene rings is 1. The number of fused-ring (bicyclic) bond motifs is 2. The van der Waals surface area contributed by atoms with Crippen LogP contribution in [0.5, 0.6) is 11.7 Å². The maximum Gasteiger partial charge on any atom is 0.312 e. The van der Waals surface area contributed by atoms with Gasteiger partial charge in [-0.05, 0) is 44.8 Å². The molecule has 0 aliphatic rings. The van der Waals surface area contributed by atoms with Crippen molar-refractivity contribution in [1.82, 2.24) is 10.3 Å². The molecule has 3 heterocycles. The number of rotatable bonds is 6. The van der Waals surface area contributed by atoms with Crippen molar-refractivity contribution in [3.63, 3.8) is 0 Å². The van der Waals surface area contributed by atoms with Crippen LogP contribution in [0.25, 0.3) is 49.1 Å². The summed E-state index contributed by atoms with van der Waals surface area (Å²) < 4.78 is 11.3. The van der Waals surface area contributed by atoms with E-state index < -0.39 is 11.7 Å². The average Bonchev–Trinajstić information content (AvgIpc) is 3.59. The van der Waals surface area contributed by atoms with Gasteiger partial charge in [0.1, 0.15) is 15.5 Å². The highest BCUT2D eigenvalue weighted by Crippen LogP contribution is 2.43. The Balaban J connectivity index is 1.43. The van der Waals surface area contributed by atoms with Crippen LogP contribution in [0.2, 0.25) is 0 Å². The number of nitrogens with two attached hydrogens (primary N) is 1. The molecule has 4 aromatic carbocycles. The molecular formula is C33H22N4O4S. The van der Waals surface area contributed by atoms with E-state index in [4.69, 9.17) is 20.0 Å². The fraction of sp³-hybridized carbons (Fsp3) is 0.0303. The lowest BCUT2D eigenvalue weighted by molar-refractivity contribution is -0.672. The van der Waals surface area contributed by atoms with Crippen LogP contribution in [0.1, 0.15) is 15.4 Å². The number of hydrogen-bond donors (Lipinski definition) is 1. The Morgan fingerprint density at radius 1 is 0.929 bits per heavy atom. The second-order valence-corrected chi connectivity index (χ2v) is 10.6. The quantitative estimate of drug-likeness (QED) is 0.194. The summed E-state index contributed by atoms with van der Waals surface area (Å²) in [6, 6.07) is 32.8. The van der Waals surface area contributed by atoms with Crippen molar-refractivity contribution in [2.24, 2.45) is 0 Å². The molecule has 0 amide bonds. The molecule has 204 valence electrons. The van der Waals surface area contributed by atoms with Gasteiger partial charge in [0.05, 0.1) is 23.8 Å². The first-order valence-electron chi connectivity index (χ1n) is 13.1. The predicted molar refractivity (Wildman–Crippen MR) is 160 cm³/mol. The zero-order valence-electron chi connectivity index (χ0n) is 22.3. The fourth-order valence-electron chi connectivity index (χ4n) is 5.17. The first-order chi connectivity index (χ1) is 20.5. The normalized spacial score (nSPS) is 11.3. The number of nitrogens with zero attached hydrogens (tertiary/aromatic N) is 3. The van der Waals surface area contributed by atoms with Crippen LogP contribution < -0.4 is 20.3 Å². The fourth-order valence-corrected chi connectivity index (χ4v) is 6.23. The van der Waals surface area contributed by atoms with Crippen LogP contribution in [-0.2, 0) is 0 Å². The number of anilines is 1. The summed E-state index contributed by atoms with van der Waals surface area (Å²) in [7, 11) is 1.55. The van der Waals surface area contributed by atoms with Crippen LogP contribution in [0.15, 0.2) is 108 Å². The molecule has 7 aromatic rings. The number of carbonyl (C=O) groups excluding carboxylic acids is 1. The van der Waals surface area contributed by atoms with Gasteiger partial charge in [-0.1, -0.05) is 72.8 Å². The third-order valence-corrected chi connectivity index (χ3v) is 8.30. The standard InChI is InChI=1S/C33H22N4O4S/c1-40-22-16-14-21(15-17-22)37-29(33(39)41-36-37)30(38)31-28(34)27-25(20-8-3-2-4-9-20)18-26(35-32(27)42-31)24-13-7-11-19-10-5-6-12-23(19)24/h2-18H,1H3,(H2-,34,36,38,39). The number of ether oxygens (including phenoxy) is 1. The topological polar surface area (TPSA) is 118 Å². The van der Waals surface area contributed by atoms with E-state index in [0.29, 0.717) is 21.7 Å². The minimum absolute atomic E-state index is 0.187. The smallest absolute Gasteiger partial charge is 0.312 e. The summed E-state index contributed by atoms with van der Waals surface area (Å²) >= 11 is 1.14. The maximum absolute atomic E-state index is 14.0. The van der Waals surface area contributed by atoms with E-state index in [2.05, 4.69) is 23.5 Å². The Hall–Kier alpha value is -5.54. The van der Waals surface area contributed by atoms with Gasteiger partial charge < -0.3 is 20.1 Å². The summed E-state index contributed by atoms with van der Waals surface area (Å²) in [5.74, 6) is -0.836. The third kappa shape index (κ3) is 4.15. The molecule has 0 aliphatic heterocycles. The highest BCUT2D eigenvalue weighted by Gasteiger charge is 2.33. The predicted octanol–water partition coefficient (Wildman–Crippen LogP) is 5.94. The monoisotopic (exact) mass is 570 g/mol. The number of aromatic nitrogens is 3. The Morgan fingerprint density at radius 3 is 2.45 bits per heavy atom. The molecular weight excluding hydrogens is 548 g/mol. The van der Waals surface area contributed by atoms with Gasteiger partial charge in [-0.25, -0.2) is 4.98 Å². The van der Waals surface area contributed by atoms with E-state index in [9.17, 15) is 9.90 Å². The van der Waals surface area contributed by atoms with Crippen molar-refractivity contribution in [1.29, 1.82) is 0 Å². The molecule has 7 rings (SSSR count). The molecule has 0 aliphatic carbocycles. The lowest BCUT2D eigenvalue weighted by Crippen LogP contribution is -2.39. The molecule has 0 saturated carbocycles. The molecule has 0 bridgehead atoms. The van der Waals surface area contributed by atoms with E-state index in [1.165, 1.54) is 4.68 Å². The lowest BCUT2D eigenvalue weighted by Gasteiger charge is -2.11. The summed E-state index contributed by atoms with van der Waals surface area (Å²) in [6.45, 7) is 0. The van der Waals surface area contributed by atoms with Crippen LogP contribution in [-0.4, -0.2) is 23.1 Å². The van der Waals surface area contributed by atoms with Crippen LogP contribution in [0.4, 0.5) is 5.69 Å². The molecule has 8 nitrogen and oxygen atoms in total. The number of benzene rings is 4. The van der Waals surface area contributed by atoms with E-state index in [1.54, 1.807) is 31.4 Å². The highest BCUT2D eigenvalue weighted by atomic mass is 32.1. The molecule has 2 N–H and O–H groups in total. The molecule has 0 unspecified atom stereocenters. The van der Waals surface area contributed by atoms with Crippen LogP contribution >= 0.6 is 11.3 Å². The minimum atomic E-state index is -0.861. The third-order valence-electron chi connectivity index (χ3n) is 7.20. The van der Waals surface area contributed by atoms with Gasteiger partial charge in [0, 0.05) is 23.1 Å². The van der Waals surface area contributed by atoms with Crippen LogP contribution in [0, 0.1) is 0 Å². The highest BCUT2D eigenvalue weighted by molar-refractivity contribution is 7.21. The second-order valence-electron chi connectivity index (χ2n) is 9.62. The zero-order chi connectivity index (χ0) is 28.8. The van der Waals surface area contributed by atoms with Gasteiger partial charge >= 0.3 is 5.69 Å². The van der Waals surface area contributed by atoms with Gasteiger partial charge in [-0.3, -0.25) is 4.79 Å². The maximum atomic E-state index is 14.0. The first kappa shape index (κ1) is 25.4. The number of hydrogen-bond acceptors (Lipinski definition) is 8. The van der Waals surface area contributed by atoms with E-state index >= 15 is 0 Å². The summed E-state index contributed by atoms with van der Waals surface area (Å²) in [4.78, 5) is 19.7. The molecule has 0 fully saturated rings. The van der Waals surface area contributed by atoms with Gasteiger partial charge in [-0.2, -0.15) is 0 Å². The number of carbonyl (C=O) groups is 1. The van der Waals surface area contributed by atoms with Crippen molar-refractivity contribution < 1.29 is 23.8 Å². The summed E-state index contributed by atoms with van der Waals surface area (Å²) in [5.41, 5.74) is 10.6. The van der Waals surface area contributed by atoms with Gasteiger partial charge in [0.25, 0.3) is 5.78 Å². The van der Waals surface area contributed by atoms with Crippen molar-refractivity contribution in [3.8, 4) is 39.8 Å². The van der Waals surface area contributed by atoms with Crippen molar-refractivity contribution in [2.75, 3.05) is 12.8 Å². The zero-order valence-corrected chi connectivity index (χ0v) is 23.1. The average molecular weight is 571 g/mol. The number of pyridine rings is 1. The Labute approximate surface area is 243 Å². The largest absolute Gasteiger partial charge is 0.539 e. The summed E-state index contributed by atoms with van der Waals surface area (Å²) in [5, 5.41) is 19.4. The van der Waals surface area contributed by atoms with Crippen molar-refractivity contribution in [2.45, 2.75) is 0 Å².